The van der Waals surface area contributed by atoms with Gasteiger partial charge in [-0.05, 0) is 38.2 Å². The van der Waals surface area contributed by atoms with Crippen molar-refractivity contribution in [2.45, 2.75) is 19.9 Å². The van der Waals surface area contributed by atoms with Crippen LogP contribution in [0.5, 0.6) is 0 Å². The average molecular weight is 211 g/mol. The molecule has 0 amide bonds. The predicted octanol–water partition coefficient (Wildman–Crippen LogP) is 1.49. The van der Waals surface area contributed by atoms with Crippen LogP contribution in [0, 0.1) is 0 Å². The maximum absolute atomic E-state index is 5.04. The first-order valence-electron chi connectivity index (χ1n) is 4.31. The zero-order valence-electron chi connectivity index (χ0n) is 8.15. The van der Waals surface area contributed by atoms with E-state index in [0.29, 0.717) is 16.9 Å². The van der Waals surface area contributed by atoms with Gasteiger partial charge in [0.25, 0.3) is 0 Å². The molecule has 1 aromatic rings. The van der Waals surface area contributed by atoms with E-state index in [-0.39, 0.29) is 0 Å². The third-order valence-electron chi connectivity index (χ3n) is 1.32. The fourth-order valence-corrected chi connectivity index (χ4v) is 1.10. The molecule has 76 valence electrons. The van der Waals surface area contributed by atoms with E-state index in [4.69, 9.17) is 16.6 Å². The molecule has 1 rings (SSSR count). The first-order chi connectivity index (χ1) is 6.68. The molecule has 0 radical (unpaired) electrons. The molecular formula is C9H13N3OS. The number of hydrogen-bond donors (Lipinski definition) is 2. The molecule has 0 spiro atoms. The molecule has 5 heteroatoms. The highest BCUT2D eigenvalue weighted by atomic mass is 32.1. The number of furan rings is 1. The van der Waals surface area contributed by atoms with Crippen LogP contribution in [0.3, 0.4) is 0 Å². The summed E-state index contributed by atoms with van der Waals surface area (Å²) in [5.41, 5.74) is 2.68. The molecule has 0 aliphatic rings. The zero-order chi connectivity index (χ0) is 10.4. The summed E-state index contributed by atoms with van der Waals surface area (Å²) in [5.74, 6) is 0.685. The molecule has 1 heterocycles. The number of rotatable bonds is 3. The highest BCUT2D eigenvalue weighted by molar-refractivity contribution is 7.80. The first kappa shape index (κ1) is 10.7. The van der Waals surface area contributed by atoms with Gasteiger partial charge in [-0.25, -0.2) is 0 Å². The van der Waals surface area contributed by atoms with Crippen LogP contribution >= 0.6 is 12.2 Å². The Bertz CT molecular complexity index is 306. The molecule has 0 fully saturated rings. The molecule has 4 nitrogen and oxygen atoms in total. The Morgan fingerprint density at radius 3 is 3.00 bits per heavy atom. The van der Waals surface area contributed by atoms with Crippen molar-refractivity contribution in [3.8, 4) is 0 Å². The van der Waals surface area contributed by atoms with Crippen molar-refractivity contribution in [1.29, 1.82) is 0 Å². The molecule has 2 N–H and O–H groups in total. The zero-order valence-corrected chi connectivity index (χ0v) is 8.97. The Hall–Kier alpha value is -1.36. The third kappa shape index (κ3) is 4.04. The summed E-state index contributed by atoms with van der Waals surface area (Å²) in [6.45, 7) is 4.01. The summed E-state index contributed by atoms with van der Waals surface area (Å²) in [6.07, 6.45) is 3.15. The van der Waals surface area contributed by atoms with Crippen LogP contribution in [0.2, 0.25) is 0 Å². The maximum atomic E-state index is 5.04. The number of thiocarbonyl (C=S) groups is 1. The van der Waals surface area contributed by atoms with Gasteiger partial charge < -0.3 is 9.73 Å². The van der Waals surface area contributed by atoms with Gasteiger partial charge >= 0.3 is 0 Å². The smallest absolute Gasteiger partial charge is 0.187 e. The summed E-state index contributed by atoms with van der Waals surface area (Å²) in [4.78, 5) is 0. The summed E-state index contributed by atoms with van der Waals surface area (Å²) in [6, 6.07) is 3.91. The molecule has 0 aliphatic heterocycles. The van der Waals surface area contributed by atoms with E-state index in [2.05, 4.69) is 15.8 Å². The van der Waals surface area contributed by atoms with Gasteiger partial charge in [0.15, 0.2) is 5.11 Å². The van der Waals surface area contributed by atoms with Crippen molar-refractivity contribution in [3.63, 3.8) is 0 Å². The van der Waals surface area contributed by atoms with E-state index in [1.54, 1.807) is 18.5 Å². The number of hydrogen-bond acceptors (Lipinski definition) is 3. The summed E-state index contributed by atoms with van der Waals surface area (Å²) in [5, 5.41) is 7.40. The van der Waals surface area contributed by atoms with Gasteiger partial charge in [0, 0.05) is 6.04 Å². The fraction of sp³-hybridized carbons (Fsp3) is 0.333. The minimum atomic E-state index is 0.300. The SMILES string of the molecule is CC(C)NC(=S)N/N=C/c1ccco1. The van der Waals surface area contributed by atoms with Crippen LogP contribution in [0.25, 0.3) is 0 Å². The molecule has 0 unspecified atom stereocenters. The highest BCUT2D eigenvalue weighted by Crippen LogP contribution is 1.94. The summed E-state index contributed by atoms with van der Waals surface area (Å²) in [7, 11) is 0. The van der Waals surface area contributed by atoms with Crippen molar-refractivity contribution in [1.82, 2.24) is 10.7 Å². The van der Waals surface area contributed by atoms with Crippen LogP contribution in [-0.2, 0) is 0 Å². The lowest BCUT2D eigenvalue weighted by Crippen LogP contribution is -2.36. The van der Waals surface area contributed by atoms with E-state index in [9.17, 15) is 0 Å². The quantitative estimate of drug-likeness (QED) is 0.452. The van der Waals surface area contributed by atoms with Crippen LogP contribution in [0.15, 0.2) is 27.9 Å². The van der Waals surface area contributed by atoms with Gasteiger partial charge in [-0.3, -0.25) is 5.43 Å². The second-order valence-corrected chi connectivity index (χ2v) is 3.42. The van der Waals surface area contributed by atoms with E-state index >= 15 is 0 Å². The van der Waals surface area contributed by atoms with Crippen molar-refractivity contribution >= 4 is 23.5 Å². The highest BCUT2D eigenvalue weighted by Gasteiger charge is 1.95. The number of hydrazone groups is 1. The Morgan fingerprint density at radius 2 is 2.43 bits per heavy atom. The lowest BCUT2D eigenvalue weighted by molar-refractivity contribution is 0.559. The van der Waals surface area contributed by atoms with Crippen LogP contribution in [0.4, 0.5) is 0 Å². The standard InChI is InChI=1S/C9H13N3OS/c1-7(2)11-9(14)12-10-6-8-4-3-5-13-8/h3-7H,1-2H3,(H2,11,12,14)/b10-6+. The largest absolute Gasteiger partial charge is 0.463 e. The Balaban J connectivity index is 2.30. The number of nitrogens with one attached hydrogen (secondary N) is 2. The minimum Gasteiger partial charge on any atom is -0.463 e. The van der Waals surface area contributed by atoms with Crippen LogP contribution in [-0.4, -0.2) is 17.4 Å². The van der Waals surface area contributed by atoms with Gasteiger partial charge in [-0.15, -0.1) is 0 Å². The molecule has 1 aromatic heterocycles. The molecule has 0 aliphatic carbocycles. The minimum absolute atomic E-state index is 0.300. The molecule has 0 aromatic carbocycles. The lowest BCUT2D eigenvalue weighted by Gasteiger charge is -2.08. The monoisotopic (exact) mass is 211 g/mol. The van der Waals surface area contributed by atoms with Crippen molar-refractivity contribution in [2.75, 3.05) is 0 Å². The average Bonchev–Trinajstić information content (AvgIpc) is 2.55. The van der Waals surface area contributed by atoms with Gasteiger partial charge in [-0.2, -0.15) is 5.10 Å². The van der Waals surface area contributed by atoms with Gasteiger partial charge in [0.1, 0.15) is 5.76 Å². The second kappa shape index (κ2) is 5.39. The third-order valence-corrected chi connectivity index (χ3v) is 1.53. The Labute approximate surface area is 88.4 Å². The molecular weight excluding hydrogens is 198 g/mol. The summed E-state index contributed by atoms with van der Waals surface area (Å²) < 4.78 is 5.04. The normalized spacial score (nSPS) is 10.8. The van der Waals surface area contributed by atoms with Gasteiger partial charge in [-0.1, -0.05) is 0 Å². The van der Waals surface area contributed by atoms with E-state index in [1.165, 1.54) is 0 Å². The van der Waals surface area contributed by atoms with Gasteiger partial charge in [0.2, 0.25) is 0 Å². The molecule has 0 saturated carbocycles. The lowest BCUT2D eigenvalue weighted by atomic mass is 10.4. The van der Waals surface area contributed by atoms with Crippen molar-refractivity contribution in [3.05, 3.63) is 24.2 Å². The topological polar surface area (TPSA) is 49.6 Å². The van der Waals surface area contributed by atoms with E-state index < -0.39 is 0 Å². The Morgan fingerprint density at radius 1 is 1.64 bits per heavy atom. The number of nitrogens with zero attached hydrogens (tertiary/aromatic N) is 1. The molecule has 0 saturated heterocycles. The van der Waals surface area contributed by atoms with Crippen molar-refractivity contribution < 1.29 is 4.42 Å². The summed E-state index contributed by atoms with van der Waals surface area (Å²) >= 11 is 4.96. The van der Waals surface area contributed by atoms with E-state index in [0.717, 1.165) is 0 Å². The van der Waals surface area contributed by atoms with Crippen LogP contribution < -0.4 is 10.7 Å². The first-order valence-corrected chi connectivity index (χ1v) is 4.72. The fourth-order valence-electron chi connectivity index (χ4n) is 0.814. The van der Waals surface area contributed by atoms with Gasteiger partial charge in [0.05, 0.1) is 12.5 Å². The van der Waals surface area contributed by atoms with Crippen LogP contribution in [0.1, 0.15) is 19.6 Å². The van der Waals surface area contributed by atoms with E-state index in [1.807, 2.05) is 19.9 Å². The molecule has 14 heavy (non-hydrogen) atoms. The molecule has 0 atom stereocenters. The Kier molecular flexibility index (Phi) is 4.12. The maximum Gasteiger partial charge on any atom is 0.187 e. The predicted molar refractivity (Wildman–Crippen MR) is 60.3 cm³/mol. The molecule has 0 bridgehead atoms. The van der Waals surface area contributed by atoms with Crippen molar-refractivity contribution in [2.24, 2.45) is 5.10 Å². The second-order valence-electron chi connectivity index (χ2n) is 3.01.